The summed E-state index contributed by atoms with van der Waals surface area (Å²) in [5.74, 6) is 2.13. The first-order valence-corrected chi connectivity index (χ1v) is 6.77. The summed E-state index contributed by atoms with van der Waals surface area (Å²) in [5, 5.41) is 6.43. The van der Waals surface area contributed by atoms with Gasteiger partial charge in [0, 0.05) is 12.2 Å². The Labute approximate surface area is 119 Å². The summed E-state index contributed by atoms with van der Waals surface area (Å²) in [6, 6.07) is 9.92. The molecule has 0 bridgehead atoms. The summed E-state index contributed by atoms with van der Waals surface area (Å²) in [6.45, 7) is 6.72. The minimum Gasteiger partial charge on any atom is -0.492 e. The van der Waals surface area contributed by atoms with Crippen LogP contribution < -0.4 is 15.4 Å². The Morgan fingerprint density at radius 1 is 1.20 bits per heavy atom. The summed E-state index contributed by atoms with van der Waals surface area (Å²) in [6.07, 6.45) is 1.73. The van der Waals surface area contributed by atoms with E-state index in [-0.39, 0.29) is 0 Å². The predicted octanol–water partition coefficient (Wildman–Crippen LogP) is 3.44. The van der Waals surface area contributed by atoms with E-state index in [0.29, 0.717) is 18.6 Å². The predicted molar refractivity (Wildman–Crippen MR) is 81.7 cm³/mol. The van der Waals surface area contributed by atoms with Crippen molar-refractivity contribution in [3.63, 3.8) is 0 Å². The maximum atomic E-state index is 5.57. The van der Waals surface area contributed by atoms with Gasteiger partial charge in [0.2, 0.25) is 5.95 Å². The summed E-state index contributed by atoms with van der Waals surface area (Å²) < 4.78 is 5.57. The molecule has 0 amide bonds. The van der Waals surface area contributed by atoms with Crippen LogP contribution in [0.5, 0.6) is 5.75 Å². The molecule has 0 unspecified atom stereocenters. The van der Waals surface area contributed by atoms with Crippen LogP contribution in [0.1, 0.15) is 20.8 Å². The molecule has 1 heterocycles. The van der Waals surface area contributed by atoms with E-state index in [0.717, 1.165) is 17.3 Å². The van der Waals surface area contributed by atoms with Crippen LogP contribution >= 0.6 is 0 Å². The molecule has 0 atom stereocenters. The number of hydrogen-bond acceptors (Lipinski definition) is 5. The number of nitrogens with one attached hydrogen (secondary N) is 2. The molecule has 1 aromatic heterocycles. The molecule has 5 nitrogen and oxygen atoms in total. The van der Waals surface area contributed by atoms with Crippen LogP contribution in [0.25, 0.3) is 0 Å². The van der Waals surface area contributed by atoms with Gasteiger partial charge in [0.1, 0.15) is 11.6 Å². The zero-order valence-electron chi connectivity index (χ0n) is 12.1. The fourth-order valence-electron chi connectivity index (χ4n) is 1.77. The monoisotopic (exact) mass is 272 g/mol. The highest BCUT2D eigenvalue weighted by Gasteiger charge is 2.05. The number of hydrogen-bond donors (Lipinski definition) is 2. The standard InChI is InChI=1S/C15H20N4O/c1-4-20-13-8-6-5-7-12(13)18-15-16-10-9-14(19-15)17-11(2)3/h5-11H,4H2,1-3H3,(H2,16,17,18,19). The van der Waals surface area contributed by atoms with Crippen LogP contribution in [0.2, 0.25) is 0 Å². The second-order valence-corrected chi connectivity index (χ2v) is 4.62. The molecule has 2 N–H and O–H groups in total. The smallest absolute Gasteiger partial charge is 0.229 e. The van der Waals surface area contributed by atoms with E-state index in [1.165, 1.54) is 0 Å². The number of benzene rings is 1. The molecule has 0 aliphatic heterocycles. The normalized spacial score (nSPS) is 10.4. The molecule has 106 valence electrons. The van der Waals surface area contributed by atoms with Crippen LogP contribution in [0.3, 0.4) is 0 Å². The summed E-state index contributed by atoms with van der Waals surface area (Å²) >= 11 is 0. The van der Waals surface area contributed by atoms with Crippen molar-refractivity contribution in [2.75, 3.05) is 17.2 Å². The van der Waals surface area contributed by atoms with Gasteiger partial charge in [-0.1, -0.05) is 12.1 Å². The van der Waals surface area contributed by atoms with Crippen molar-refractivity contribution in [2.45, 2.75) is 26.8 Å². The third-order valence-corrected chi connectivity index (χ3v) is 2.53. The first-order chi connectivity index (χ1) is 9.69. The van der Waals surface area contributed by atoms with E-state index in [9.17, 15) is 0 Å². The highest BCUT2D eigenvalue weighted by molar-refractivity contribution is 5.62. The van der Waals surface area contributed by atoms with E-state index in [2.05, 4.69) is 34.4 Å². The van der Waals surface area contributed by atoms with Crippen molar-refractivity contribution in [3.05, 3.63) is 36.5 Å². The second-order valence-electron chi connectivity index (χ2n) is 4.62. The zero-order valence-corrected chi connectivity index (χ0v) is 12.1. The number of aromatic nitrogens is 2. The summed E-state index contributed by atoms with van der Waals surface area (Å²) in [7, 11) is 0. The van der Waals surface area contributed by atoms with Gasteiger partial charge >= 0.3 is 0 Å². The minimum absolute atomic E-state index is 0.327. The Morgan fingerprint density at radius 2 is 2.00 bits per heavy atom. The lowest BCUT2D eigenvalue weighted by atomic mass is 10.3. The van der Waals surface area contributed by atoms with E-state index < -0.39 is 0 Å². The minimum atomic E-state index is 0.327. The van der Waals surface area contributed by atoms with Gasteiger partial charge in [-0.05, 0) is 39.0 Å². The Bertz CT molecular complexity index is 557. The fraction of sp³-hybridized carbons (Fsp3) is 0.333. The molecular weight excluding hydrogens is 252 g/mol. The van der Waals surface area contributed by atoms with Crippen molar-refractivity contribution < 1.29 is 4.74 Å². The molecule has 2 rings (SSSR count). The van der Waals surface area contributed by atoms with Gasteiger partial charge in [0.25, 0.3) is 0 Å². The Hall–Kier alpha value is -2.30. The molecule has 0 saturated heterocycles. The third-order valence-electron chi connectivity index (χ3n) is 2.53. The molecule has 0 fully saturated rings. The maximum Gasteiger partial charge on any atom is 0.229 e. The van der Waals surface area contributed by atoms with Crippen molar-refractivity contribution in [3.8, 4) is 5.75 Å². The van der Waals surface area contributed by atoms with E-state index in [1.807, 2.05) is 37.3 Å². The first kappa shape index (κ1) is 14.1. The zero-order chi connectivity index (χ0) is 14.4. The van der Waals surface area contributed by atoms with Gasteiger partial charge < -0.3 is 15.4 Å². The molecule has 0 spiro atoms. The molecule has 0 aliphatic rings. The molecule has 5 heteroatoms. The van der Waals surface area contributed by atoms with Crippen LogP contribution in [-0.2, 0) is 0 Å². The first-order valence-electron chi connectivity index (χ1n) is 6.77. The number of para-hydroxylation sites is 2. The lowest BCUT2D eigenvalue weighted by molar-refractivity contribution is 0.342. The van der Waals surface area contributed by atoms with Crippen LogP contribution in [0.4, 0.5) is 17.5 Å². The molecular formula is C15H20N4O. The molecule has 20 heavy (non-hydrogen) atoms. The lowest BCUT2D eigenvalue weighted by Gasteiger charge is -2.13. The Balaban J connectivity index is 2.17. The van der Waals surface area contributed by atoms with Crippen LogP contribution in [0, 0.1) is 0 Å². The number of nitrogens with zero attached hydrogens (tertiary/aromatic N) is 2. The largest absolute Gasteiger partial charge is 0.492 e. The summed E-state index contributed by atoms with van der Waals surface area (Å²) in [4.78, 5) is 8.65. The lowest BCUT2D eigenvalue weighted by Crippen LogP contribution is -2.11. The molecule has 2 aromatic rings. The van der Waals surface area contributed by atoms with Crippen molar-refractivity contribution in [1.82, 2.24) is 9.97 Å². The maximum absolute atomic E-state index is 5.57. The van der Waals surface area contributed by atoms with Gasteiger partial charge in [0.05, 0.1) is 12.3 Å². The van der Waals surface area contributed by atoms with Gasteiger partial charge in [0.15, 0.2) is 0 Å². The van der Waals surface area contributed by atoms with Crippen LogP contribution in [-0.4, -0.2) is 22.6 Å². The average Bonchev–Trinajstić information content (AvgIpc) is 2.41. The second kappa shape index (κ2) is 6.75. The molecule has 0 aliphatic carbocycles. The Kier molecular flexibility index (Phi) is 4.76. The SMILES string of the molecule is CCOc1ccccc1Nc1nccc(NC(C)C)n1. The number of anilines is 3. The van der Waals surface area contributed by atoms with Gasteiger partial charge in [-0.15, -0.1) is 0 Å². The van der Waals surface area contributed by atoms with Crippen molar-refractivity contribution in [1.29, 1.82) is 0 Å². The fourth-order valence-corrected chi connectivity index (χ4v) is 1.77. The average molecular weight is 272 g/mol. The van der Waals surface area contributed by atoms with Gasteiger partial charge in [-0.2, -0.15) is 4.98 Å². The molecule has 0 saturated carbocycles. The third kappa shape index (κ3) is 3.85. The Morgan fingerprint density at radius 3 is 2.75 bits per heavy atom. The topological polar surface area (TPSA) is 59.1 Å². The molecule has 1 aromatic carbocycles. The highest BCUT2D eigenvalue weighted by Crippen LogP contribution is 2.26. The van der Waals surface area contributed by atoms with Crippen molar-refractivity contribution >= 4 is 17.5 Å². The van der Waals surface area contributed by atoms with E-state index in [1.54, 1.807) is 6.20 Å². The van der Waals surface area contributed by atoms with E-state index >= 15 is 0 Å². The molecule has 0 radical (unpaired) electrons. The van der Waals surface area contributed by atoms with Crippen LogP contribution in [0.15, 0.2) is 36.5 Å². The highest BCUT2D eigenvalue weighted by atomic mass is 16.5. The number of ether oxygens (including phenoxy) is 1. The van der Waals surface area contributed by atoms with Crippen molar-refractivity contribution in [2.24, 2.45) is 0 Å². The number of rotatable bonds is 6. The quantitative estimate of drug-likeness (QED) is 0.843. The van der Waals surface area contributed by atoms with Gasteiger partial charge in [-0.25, -0.2) is 4.98 Å². The summed E-state index contributed by atoms with van der Waals surface area (Å²) in [5.41, 5.74) is 0.857. The van der Waals surface area contributed by atoms with Gasteiger partial charge in [-0.3, -0.25) is 0 Å². The van der Waals surface area contributed by atoms with E-state index in [4.69, 9.17) is 4.74 Å².